The van der Waals surface area contributed by atoms with Crippen LogP contribution in [0.4, 0.5) is 0 Å². The molecule has 0 aliphatic heterocycles. The van der Waals surface area contributed by atoms with E-state index in [1.54, 1.807) is 0 Å². The summed E-state index contributed by atoms with van der Waals surface area (Å²) in [6.45, 7) is 0. The van der Waals surface area contributed by atoms with Crippen LogP contribution in [0.2, 0.25) is 0 Å². The van der Waals surface area contributed by atoms with Crippen molar-refractivity contribution in [1.29, 1.82) is 0 Å². The minimum absolute atomic E-state index is 0.366. The molecule has 2 fully saturated rings. The van der Waals surface area contributed by atoms with Crippen molar-refractivity contribution in [3.63, 3.8) is 0 Å². The molecule has 0 spiro atoms. The molecule has 80 valence electrons. The van der Waals surface area contributed by atoms with Crippen molar-refractivity contribution < 1.29 is 13.2 Å². The predicted octanol–water partition coefficient (Wildman–Crippen LogP) is -0.524. The van der Waals surface area contributed by atoms with Gasteiger partial charge in [-0.2, -0.15) is 0 Å². The highest BCUT2D eigenvalue weighted by atomic mass is 32.2. The third kappa shape index (κ3) is 1.64. The van der Waals surface area contributed by atoms with Gasteiger partial charge in [0.15, 0.2) is 0 Å². The molecule has 0 atom stereocenters. The highest BCUT2D eigenvalue weighted by Gasteiger charge is 2.44. The number of carbonyl (C=O) groups is 1. The molecule has 0 aromatic rings. The van der Waals surface area contributed by atoms with Gasteiger partial charge in [0.05, 0.1) is 10.8 Å². The van der Waals surface area contributed by atoms with Crippen LogP contribution in [0.1, 0.15) is 32.1 Å². The Bertz CT molecular complexity index is 355. The molecule has 14 heavy (non-hydrogen) atoms. The molecule has 0 saturated heterocycles. The fourth-order valence-electron chi connectivity index (χ4n) is 1.48. The minimum atomic E-state index is -3.43. The second kappa shape index (κ2) is 2.93. The Morgan fingerprint density at radius 2 is 1.93 bits per heavy atom. The van der Waals surface area contributed by atoms with Crippen LogP contribution in [0.25, 0.3) is 0 Å². The lowest BCUT2D eigenvalue weighted by atomic mass is 9.77. The Labute approximate surface area is 83.1 Å². The van der Waals surface area contributed by atoms with E-state index in [4.69, 9.17) is 5.73 Å². The topological polar surface area (TPSA) is 89.3 Å². The zero-order valence-corrected chi connectivity index (χ0v) is 8.64. The Kier molecular flexibility index (Phi) is 2.08. The first-order chi connectivity index (χ1) is 6.44. The maximum absolute atomic E-state index is 11.5. The van der Waals surface area contributed by atoms with Gasteiger partial charge in [0.2, 0.25) is 10.0 Å². The maximum atomic E-state index is 11.5. The predicted molar refractivity (Wildman–Crippen MR) is 50.9 cm³/mol. The van der Waals surface area contributed by atoms with Crippen molar-refractivity contribution in [2.45, 2.75) is 42.9 Å². The van der Waals surface area contributed by atoms with Gasteiger partial charge in [0.1, 0.15) is 0 Å². The van der Waals surface area contributed by atoms with Crippen molar-refractivity contribution in [2.24, 2.45) is 5.73 Å². The van der Waals surface area contributed by atoms with Crippen LogP contribution < -0.4 is 10.5 Å². The van der Waals surface area contributed by atoms with Gasteiger partial charge in [0, 0.05) is 0 Å². The molecule has 0 bridgehead atoms. The molecule has 5 nitrogen and oxygen atoms in total. The van der Waals surface area contributed by atoms with E-state index in [9.17, 15) is 13.2 Å². The van der Waals surface area contributed by atoms with Gasteiger partial charge in [-0.15, -0.1) is 0 Å². The molecule has 0 aromatic heterocycles. The molecule has 0 aromatic carbocycles. The number of hydrogen-bond acceptors (Lipinski definition) is 4. The zero-order chi connectivity index (χ0) is 10.4. The monoisotopic (exact) mass is 218 g/mol. The third-order valence-electron chi connectivity index (χ3n) is 2.90. The summed E-state index contributed by atoms with van der Waals surface area (Å²) in [6.07, 6.45) is 3.37. The Balaban J connectivity index is 2.00. The highest BCUT2D eigenvalue weighted by Crippen LogP contribution is 2.31. The van der Waals surface area contributed by atoms with Gasteiger partial charge in [0.25, 0.3) is 5.91 Å². The Hall–Kier alpha value is -0.620. The number of sulfonamides is 1. The zero-order valence-electron chi connectivity index (χ0n) is 7.82. The third-order valence-corrected chi connectivity index (χ3v) is 4.72. The number of amides is 1. The minimum Gasteiger partial charge on any atom is -0.317 e. The standard InChI is InChI=1S/C8H14N2O3S/c9-8(4-1-5-8)7(11)10-14(12,13)6-2-3-6/h6H,1-5,9H2,(H,10,11). The van der Waals surface area contributed by atoms with E-state index in [1.807, 2.05) is 0 Å². The van der Waals surface area contributed by atoms with Gasteiger partial charge in [-0.1, -0.05) is 0 Å². The second-order valence-electron chi connectivity index (χ2n) is 4.19. The summed E-state index contributed by atoms with van der Waals surface area (Å²) in [5.74, 6) is -0.532. The molecule has 3 N–H and O–H groups in total. The molecule has 2 aliphatic carbocycles. The van der Waals surface area contributed by atoms with Crippen LogP contribution >= 0.6 is 0 Å². The summed E-state index contributed by atoms with van der Waals surface area (Å²) in [5, 5.41) is -0.366. The SMILES string of the molecule is NC1(C(=O)NS(=O)(=O)C2CC2)CCC1. The Morgan fingerprint density at radius 3 is 2.29 bits per heavy atom. The maximum Gasteiger partial charge on any atom is 0.253 e. The second-order valence-corrected chi connectivity index (χ2v) is 6.15. The summed E-state index contributed by atoms with van der Waals surface area (Å²) in [7, 11) is -3.43. The van der Waals surface area contributed by atoms with Crippen molar-refractivity contribution >= 4 is 15.9 Å². The molecule has 0 unspecified atom stereocenters. The van der Waals surface area contributed by atoms with Gasteiger partial charge < -0.3 is 5.73 Å². The Morgan fingerprint density at radius 1 is 1.36 bits per heavy atom. The fourth-order valence-corrected chi connectivity index (χ4v) is 2.86. The van der Waals surface area contributed by atoms with Gasteiger partial charge in [-0.25, -0.2) is 8.42 Å². The molecular formula is C8H14N2O3S. The number of rotatable bonds is 3. The van der Waals surface area contributed by atoms with Crippen LogP contribution in [0.3, 0.4) is 0 Å². The average molecular weight is 218 g/mol. The van der Waals surface area contributed by atoms with E-state index in [0.29, 0.717) is 25.7 Å². The van der Waals surface area contributed by atoms with Crippen LogP contribution in [0.15, 0.2) is 0 Å². The molecule has 0 radical (unpaired) electrons. The molecular weight excluding hydrogens is 204 g/mol. The van der Waals surface area contributed by atoms with Crippen molar-refractivity contribution in [3.05, 3.63) is 0 Å². The first kappa shape index (κ1) is 9.92. The lowest BCUT2D eigenvalue weighted by molar-refractivity contribution is -0.127. The van der Waals surface area contributed by atoms with Crippen molar-refractivity contribution in [1.82, 2.24) is 4.72 Å². The first-order valence-electron chi connectivity index (χ1n) is 4.79. The lowest BCUT2D eigenvalue weighted by Gasteiger charge is -2.35. The summed E-state index contributed by atoms with van der Waals surface area (Å²) >= 11 is 0. The summed E-state index contributed by atoms with van der Waals surface area (Å²) in [5.41, 5.74) is 4.77. The lowest BCUT2D eigenvalue weighted by Crippen LogP contribution is -2.59. The molecule has 1 amide bonds. The number of nitrogens with one attached hydrogen (secondary N) is 1. The number of carbonyl (C=O) groups excluding carboxylic acids is 1. The van der Waals surface area contributed by atoms with E-state index in [-0.39, 0.29) is 5.25 Å². The molecule has 2 rings (SSSR count). The van der Waals surface area contributed by atoms with Gasteiger partial charge in [-0.3, -0.25) is 9.52 Å². The average Bonchev–Trinajstić information content (AvgIpc) is 2.80. The summed E-state index contributed by atoms with van der Waals surface area (Å²) in [4.78, 5) is 11.5. The molecule has 2 saturated carbocycles. The van der Waals surface area contributed by atoms with E-state index < -0.39 is 21.5 Å². The van der Waals surface area contributed by atoms with Crippen LogP contribution in [0.5, 0.6) is 0 Å². The molecule has 6 heteroatoms. The van der Waals surface area contributed by atoms with E-state index >= 15 is 0 Å². The largest absolute Gasteiger partial charge is 0.317 e. The van der Waals surface area contributed by atoms with Crippen LogP contribution in [-0.2, 0) is 14.8 Å². The van der Waals surface area contributed by atoms with Gasteiger partial charge in [-0.05, 0) is 32.1 Å². The number of nitrogens with two attached hydrogens (primary N) is 1. The smallest absolute Gasteiger partial charge is 0.253 e. The summed E-state index contributed by atoms with van der Waals surface area (Å²) in [6, 6.07) is 0. The van der Waals surface area contributed by atoms with Crippen molar-refractivity contribution in [3.8, 4) is 0 Å². The number of hydrogen-bond donors (Lipinski definition) is 2. The first-order valence-corrected chi connectivity index (χ1v) is 6.34. The van der Waals surface area contributed by atoms with Gasteiger partial charge >= 0.3 is 0 Å². The van der Waals surface area contributed by atoms with E-state index in [1.165, 1.54) is 0 Å². The highest BCUT2D eigenvalue weighted by molar-refractivity contribution is 7.90. The van der Waals surface area contributed by atoms with Crippen molar-refractivity contribution in [2.75, 3.05) is 0 Å². The quantitative estimate of drug-likeness (QED) is 0.666. The van der Waals surface area contributed by atoms with E-state index in [2.05, 4.69) is 4.72 Å². The van der Waals surface area contributed by atoms with Crippen LogP contribution in [-0.4, -0.2) is 25.1 Å². The normalized spacial score (nSPS) is 25.2. The molecule has 0 heterocycles. The fraction of sp³-hybridized carbons (Fsp3) is 0.875. The van der Waals surface area contributed by atoms with E-state index in [0.717, 1.165) is 6.42 Å². The van der Waals surface area contributed by atoms with Crippen LogP contribution in [0, 0.1) is 0 Å². The molecule has 2 aliphatic rings. The summed E-state index contributed by atoms with van der Waals surface area (Å²) < 4.78 is 24.9.